The Hall–Kier alpha value is -0.420. The summed E-state index contributed by atoms with van der Waals surface area (Å²) in [5.74, 6) is -0.448. The fraction of sp³-hybridized carbons (Fsp3) is 0.750. The minimum atomic E-state index is -4.12. The summed E-state index contributed by atoms with van der Waals surface area (Å²) in [6.45, 7) is 0.174. The molecule has 0 radical (unpaired) electrons. The van der Waals surface area contributed by atoms with Gasteiger partial charge in [-0.3, -0.25) is 9.36 Å². The van der Waals surface area contributed by atoms with Crippen LogP contribution < -0.4 is 11.1 Å². The Morgan fingerprint density at radius 3 is 2.45 bits per heavy atom. The highest BCUT2D eigenvalue weighted by atomic mass is 31.2. The number of rotatable bonds is 4. The quantitative estimate of drug-likeness (QED) is 0.399. The monoisotopic (exact) mass is 182 g/mol. The summed E-state index contributed by atoms with van der Waals surface area (Å²) < 4.78 is 10.2. The van der Waals surface area contributed by atoms with Crippen LogP contribution in [0, 0.1) is 0 Å². The minimum Gasteiger partial charge on any atom is -0.344 e. The average molecular weight is 182 g/mol. The third-order valence-corrected chi connectivity index (χ3v) is 1.42. The van der Waals surface area contributed by atoms with Gasteiger partial charge in [-0.15, -0.1) is 0 Å². The standard InChI is InChI=1S/C4H11N2O4P/c5-2-1-4(7)6-3-11(8,9)10/h1-3,5H2,(H,6,7)(H2,8,9,10). The molecule has 7 heteroatoms. The van der Waals surface area contributed by atoms with Crippen molar-refractivity contribution in [2.24, 2.45) is 5.73 Å². The number of hydrogen-bond donors (Lipinski definition) is 4. The molecule has 0 aliphatic rings. The number of nitrogens with one attached hydrogen (secondary N) is 1. The summed E-state index contributed by atoms with van der Waals surface area (Å²) in [5.41, 5.74) is 5.01. The first kappa shape index (κ1) is 10.6. The largest absolute Gasteiger partial charge is 0.344 e. The summed E-state index contributed by atoms with van der Waals surface area (Å²) in [7, 11) is -4.12. The number of hydrogen-bond acceptors (Lipinski definition) is 3. The molecule has 0 bridgehead atoms. The van der Waals surface area contributed by atoms with E-state index in [9.17, 15) is 9.36 Å². The van der Waals surface area contributed by atoms with Crippen LogP contribution >= 0.6 is 7.60 Å². The van der Waals surface area contributed by atoms with Gasteiger partial charge in [0.05, 0.1) is 0 Å². The Morgan fingerprint density at radius 1 is 1.55 bits per heavy atom. The van der Waals surface area contributed by atoms with Crippen LogP contribution in [0.1, 0.15) is 6.42 Å². The van der Waals surface area contributed by atoms with Crippen molar-refractivity contribution >= 4 is 13.5 Å². The molecule has 0 saturated carbocycles. The first-order valence-electron chi connectivity index (χ1n) is 2.97. The molecule has 0 saturated heterocycles. The highest BCUT2D eigenvalue weighted by Crippen LogP contribution is 2.31. The van der Waals surface area contributed by atoms with Gasteiger partial charge in [0, 0.05) is 13.0 Å². The maximum atomic E-state index is 10.6. The zero-order valence-electron chi connectivity index (χ0n) is 5.86. The summed E-state index contributed by atoms with van der Waals surface area (Å²) in [6, 6.07) is 0. The third-order valence-electron chi connectivity index (χ3n) is 0.854. The van der Waals surface area contributed by atoms with Gasteiger partial charge in [0.25, 0.3) is 0 Å². The molecule has 0 rings (SSSR count). The average Bonchev–Trinajstić information content (AvgIpc) is 1.83. The minimum absolute atomic E-state index is 0.0833. The second-order valence-electron chi connectivity index (χ2n) is 1.96. The van der Waals surface area contributed by atoms with Crippen molar-refractivity contribution in [1.82, 2.24) is 5.32 Å². The number of carbonyl (C=O) groups excluding carboxylic acids is 1. The van der Waals surface area contributed by atoms with E-state index in [1.165, 1.54) is 0 Å². The molecule has 0 atom stereocenters. The van der Waals surface area contributed by atoms with E-state index in [4.69, 9.17) is 15.5 Å². The maximum absolute atomic E-state index is 10.6. The summed E-state index contributed by atoms with van der Waals surface area (Å²) >= 11 is 0. The van der Waals surface area contributed by atoms with Crippen LogP contribution in [0.3, 0.4) is 0 Å². The van der Waals surface area contributed by atoms with Crippen LogP contribution in [0.4, 0.5) is 0 Å². The van der Waals surface area contributed by atoms with E-state index in [1.54, 1.807) is 0 Å². The fourth-order valence-electron chi connectivity index (χ4n) is 0.411. The van der Waals surface area contributed by atoms with E-state index < -0.39 is 19.8 Å². The van der Waals surface area contributed by atoms with E-state index in [-0.39, 0.29) is 13.0 Å². The third kappa shape index (κ3) is 7.48. The molecule has 0 aromatic rings. The van der Waals surface area contributed by atoms with Crippen LogP contribution in [-0.4, -0.2) is 28.5 Å². The second-order valence-corrected chi connectivity index (χ2v) is 3.61. The van der Waals surface area contributed by atoms with Crippen molar-refractivity contribution in [2.45, 2.75) is 6.42 Å². The molecule has 11 heavy (non-hydrogen) atoms. The van der Waals surface area contributed by atoms with Crippen LogP contribution in [0.25, 0.3) is 0 Å². The predicted molar refractivity (Wildman–Crippen MR) is 38.7 cm³/mol. The highest BCUT2D eigenvalue weighted by Gasteiger charge is 2.13. The van der Waals surface area contributed by atoms with Crippen molar-refractivity contribution in [3.8, 4) is 0 Å². The molecule has 0 aliphatic heterocycles. The van der Waals surface area contributed by atoms with Crippen LogP contribution in [0.2, 0.25) is 0 Å². The number of carbonyl (C=O) groups is 1. The second kappa shape index (κ2) is 4.46. The van der Waals surface area contributed by atoms with Gasteiger partial charge in [-0.2, -0.15) is 0 Å². The summed E-state index contributed by atoms with van der Waals surface area (Å²) in [5, 5.41) is 2.04. The van der Waals surface area contributed by atoms with Gasteiger partial charge in [0.15, 0.2) is 0 Å². The SMILES string of the molecule is NCCC(=O)NCP(=O)(O)O. The van der Waals surface area contributed by atoms with Gasteiger partial charge < -0.3 is 20.8 Å². The molecule has 5 N–H and O–H groups in total. The molecule has 0 aliphatic carbocycles. The van der Waals surface area contributed by atoms with Crippen LogP contribution in [-0.2, 0) is 9.36 Å². The van der Waals surface area contributed by atoms with Crippen molar-refractivity contribution in [1.29, 1.82) is 0 Å². The number of amides is 1. The van der Waals surface area contributed by atoms with Crippen LogP contribution in [0.5, 0.6) is 0 Å². The maximum Gasteiger partial charge on any atom is 0.344 e. The lowest BCUT2D eigenvalue weighted by Crippen LogP contribution is -2.26. The van der Waals surface area contributed by atoms with E-state index in [1.807, 2.05) is 5.32 Å². The normalized spacial score (nSPS) is 11.2. The van der Waals surface area contributed by atoms with E-state index >= 15 is 0 Å². The lowest BCUT2D eigenvalue weighted by Gasteiger charge is -2.04. The van der Waals surface area contributed by atoms with Gasteiger partial charge in [0.1, 0.15) is 6.29 Å². The molecular weight excluding hydrogens is 171 g/mol. The molecule has 0 unspecified atom stereocenters. The Balaban J connectivity index is 3.55. The lowest BCUT2D eigenvalue weighted by molar-refractivity contribution is -0.120. The highest BCUT2D eigenvalue weighted by molar-refractivity contribution is 7.51. The zero-order valence-corrected chi connectivity index (χ0v) is 6.75. The zero-order chi connectivity index (χ0) is 8.91. The Labute approximate surface area is 63.9 Å². The van der Waals surface area contributed by atoms with Crippen molar-refractivity contribution in [3.05, 3.63) is 0 Å². The number of nitrogens with two attached hydrogens (primary N) is 1. The topological polar surface area (TPSA) is 113 Å². The van der Waals surface area contributed by atoms with Crippen molar-refractivity contribution < 1.29 is 19.1 Å². The smallest absolute Gasteiger partial charge is 0.344 e. The van der Waals surface area contributed by atoms with E-state index in [0.29, 0.717) is 0 Å². The van der Waals surface area contributed by atoms with Crippen molar-refractivity contribution in [3.63, 3.8) is 0 Å². The molecule has 0 heterocycles. The molecular formula is C4H11N2O4P. The molecule has 0 spiro atoms. The molecule has 0 aromatic heterocycles. The molecule has 66 valence electrons. The Morgan fingerprint density at radius 2 is 2.09 bits per heavy atom. The molecule has 1 amide bonds. The summed E-state index contributed by atoms with van der Waals surface area (Å²) in [6.07, 6.45) is -0.536. The lowest BCUT2D eigenvalue weighted by atomic mass is 10.4. The van der Waals surface area contributed by atoms with Crippen molar-refractivity contribution in [2.75, 3.05) is 12.8 Å². The molecule has 0 aromatic carbocycles. The Kier molecular flexibility index (Phi) is 4.29. The Bertz CT molecular complexity index is 177. The van der Waals surface area contributed by atoms with E-state index in [2.05, 4.69) is 0 Å². The van der Waals surface area contributed by atoms with Gasteiger partial charge >= 0.3 is 7.60 Å². The first-order valence-corrected chi connectivity index (χ1v) is 4.77. The van der Waals surface area contributed by atoms with Crippen LogP contribution in [0.15, 0.2) is 0 Å². The summed E-state index contributed by atoms with van der Waals surface area (Å²) in [4.78, 5) is 27.2. The molecule has 0 fully saturated rings. The first-order chi connectivity index (χ1) is 4.95. The fourth-order valence-corrected chi connectivity index (χ4v) is 0.793. The van der Waals surface area contributed by atoms with Gasteiger partial charge in [0.2, 0.25) is 5.91 Å². The van der Waals surface area contributed by atoms with Gasteiger partial charge in [-0.05, 0) is 0 Å². The van der Waals surface area contributed by atoms with E-state index in [0.717, 1.165) is 0 Å². The van der Waals surface area contributed by atoms with Gasteiger partial charge in [-0.1, -0.05) is 0 Å². The van der Waals surface area contributed by atoms with Gasteiger partial charge in [-0.25, -0.2) is 0 Å². The molecule has 6 nitrogen and oxygen atoms in total. The predicted octanol–water partition coefficient (Wildman–Crippen LogP) is -1.41.